The van der Waals surface area contributed by atoms with E-state index in [-0.39, 0.29) is 22.6 Å². The van der Waals surface area contributed by atoms with Gasteiger partial charge in [0.05, 0.1) is 5.02 Å². The van der Waals surface area contributed by atoms with Crippen LogP contribution in [0.4, 0.5) is 0 Å². The normalized spacial score (nSPS) is 17.1. The number of phenols is 1. The first-order valence-electron chi connectivity index (χ1n) is 7.66. The minimum absolute atomic E-state index is 0.0841. The number of hydrogen-bond acceptors (Lipinski definition) is 3. The predicted molar refractivity (Wildman–Crippen MR) is 90.8 cm³/mol. The molecule has 0 saturated carbocycles. The van der Waals surface area contributed by atoms with Crippen LogP contribution in [0.5, 0.6) is 5.75 Å². The number of carbonyl (C=O) groups is 2. The third-order valence-corrected chi connectivity index (χ3v) is 4.33. The maximum atomic E-state index is 12.4. The second-order valence-electron chi connectivity index (χ2n) is 5.73. The molecule has 1 fully saturated rings. The molecule has 0 aromatic heterocycles. The standard InChI is InChI=1S/C18H17ClN2O3/c19-14-10-13(6-7-16(14)22)17(23)20-15-8-9-21(18(15)24)11-12-4-2-1-3-5-12/h1-7,10,15,22H,8-9,11H2,(H,20,23)/t15-/m1/s1. The van der Waals surface area contributed by atoms with E-state index in [4.69, 9.17) is 11.6 Å². The van der Waals surface area contributed by atoms with Gasteiger partial charge in [0.15, 0.2) is 0 Å². The molecule has 1 aliphatic heterocycles. The van der Waals surface area contributed by atoms with E-state index in [1.54, 1.807) is 4.90 Å². The van der Waals surface area contributed by atoms with E-state index >= 15 is 0 Å². The molecule has 5 nitrogen and oxygen atoms in total. The first-order valence-corrected chi connectivity index (χ1v) is 8.04. The summed E-state index contributed by atoms with van der Waals surface area (Å²) >= 11 is 5.81. The highest BCUT2D eigenvalue weighted by atomic mass is 35.5. The number of halogens is 1. The summed E-state index contributed by atoms with van der Waals surface area (Å²) in [5, 5.41) is 12.2. The number of rotatable bonds is 4. The number of nitrogens with one attached hydrogen (secondary N) is 1. The average Bonchev–Trinajstić information content (AvgIpc) is 2.91. The molecule has 1 aliphatic rings. The minimum atomic E-state index is -0.534. The lowest BCUT2D eigenvalue weighted by atomic mass is 10.1. The maximum absolute atomic E-state index is 12.4. The van der Waals surface area contributed by atoms with Gasteiger partial charge >= 0.3 is 0 Å². The van der Waals surface area contributed by atoms with Gasteiger partial charge in [-0.15, -0.1) is 0 Å². The molecule has 3 rings (SSSR count). The van der Waals surface area contributed by atoms with Crippen LogP contribution in [0.3, 0.4) is 0 Å². The van der Waals surface area contributed by atoms with E-state index in [0.717, 1.165) is 5.56 Å². The molecule has 0 radical (unpaired) electrons. The van der Waals surface area contributed by atoms with Crippen molar-refractivity contribution in [2.45, 2.75) is 19.0 Å². The van der Waals surface area contributed by atoms with Crippen LogP contribution in [0.15, 0.2) is 48.5 Å². The van der Waals surface area contributed by atoms with Crippen LogP contribution < -0.4 is 5.32 Å². The Morgan fingerprint density at radius 2 is 2.00 bits per heavy atom. The zero-order valence-electron chi connectivity index (χ0n) is 12.9. The van der Waals surface area contributed by atoms with Crippen molar-refractivity contribution in [1.29, 1.82) is 0 Å². The molecule has 2 N–H and O–H groups in total. The third-order valence-electron chi connectivity index (χ3n) is 4.03. The Morgan fingerprint density at radius 3 is 2.71 bits per heavy atom. The van der Waals surface area contributed by atoms with Crippen molar-refractivity contribution in [3.8, 4) is 5.75 Å². The molecule has 0 aliphatic carbocycles. The Kier molecular flexibility index (Phi) is 4.71. The van der Waals surface area contributed by atoms with Crippen LogP contribution in [0.25, 0.3) is 0 Å². The lowest BCUT2D eigenvalue weighted by molar-refractivity contribution is -0.129. The van der Waals surface area contributed by atoms with Crippen molar-refractivity contribution < 1.29 is 14.7 Å². The number of nitrogens with zero attached hydrogens (tertiary/aromatic N) is 1. The van der Waals surface area contributed by atoms with E-state index in [9.17, 15) is 14.7 Å². The molecular formula is C18H17ClN2O3. The number of hydrogen-bond donors (Lipinski definition) is 2. The summed E-state index contributed by atoms with van der Waals surface area (Å²) in [6.07, 6.45) is 0.573. The monoisotopic (exact) mass is 344 g/mol. The number of aromatic hydroxyl groups is 1. The molecule has 0 unspecified atom stereocenters. The van der Waals surface area contributed by atoms with Gasteiger partial charge in [-0.05, 0) is 30.2 Å². The van der Waals surface area contributed by atoms with Gasteiger partial charge < -0.3 is 15.3 Å². The SMILES string of the molecule is O=C(N[C@@H]1CCN(Cc2ccccc2)C1=O)c1ccc(O)c(Cl)c1. The van der Waals surface area contributed by atoms with Crippen molar-refractivity contribution >= 4 is 23.4 Å². The minimum Gasteiger partial charge on any atom is -0.506 e. The van der Waals surface area contributed by atoms with Gasteiger partial charge in [-0.2, -0.15) is 0 Å². The largest absolute Gasteiger partial charge is 0.506 e. The molecule has 1 atom stereocenters. The second kappa shape index (κ2) is 6.93. The topological polar surface area (TPSA) is 69.6 Å². The molecule has 2 aromatic carbocycles. The predicted octanol–water partition coefficient (Wildman–Crippen LogP) is 2.58. The van der Waals surface area contributed by atoms with Crippen molar-refractivity contribution in [3.63, 3.8) is 0 Å². The Balaban J connectivity index is 1.63. The summed E-state index contributed by atoms with van der Waals surface area (Å²) in [5.74, 6) is -0.548. The summed E-state index contributed by atoms with van der Waals surface area (Å²) in [6, 6.07) is 13.4. The zero-order valence-corrected chi connectivity index (χ0v) is 13.7. The van der Waals surface area contributed by atoms with E-state index in [2.05, 4.69) is 5.32 Å². The highest BCUT2D eigenvalue weighted by Crippen LogP contribution is 2.24. The summed E-state index contributed by atoms with van der Waals surface area (Å²) in [5.41, 5.74) is 1.37. The van der Waals surface area contributed by atoms with Gasteiger partial charge in [0.25, 0.3) is 5.91 Å². The van der Waals surface area contributed by atoms with Crippen LogP contribution in [0.1, 0.15) is 22.3 Å². The molecule has 1 heterocycles. The van der Waals surface area contributed by atoms with Crippen LogP contribution in [-0.4, -0.2) is 34.4 Å². The highest BCUT2D eigenvalue weighted by Gasteiger charge is 2.32. The van der Waals surface area contributed by atoms with Gasteiger partial charge in [0.2, 0.25) is 5.91 Å². The van der Waals surface area contributed by atoms with Crippen LogP contribution in [-0.2, 0) is 11.3 Å². The molecule has 6 heteroatoms. The summed E-state index contributed by atoms with van der Waals surface area (Å²) in [4.78, 5) is 26.4. The van der Waals surface area contributed by atoms with Gasteiger partial charge in [-0.25, -0.2) is 0 Å². The Bertz CT molecular complexity index is 764. The van der Waals surface area contributed by atoms with Crippen LogP contribution >= 0.6 is 11.6 Å². The van der Waals surface area contributed by atoms with Crippen molar-refractivity contribution in [3.05, 3.63) is 64.7 Å². The fourth-order valence-electron chi connectivity index (χ4n) is 2.72. The van der Waals surface area contributed by atoms with Crippen LogP contribution in [0, 0.1) is 0 Å². The molecule has 2 aromatic rings. The van der Waals surface area contributed by atoms with E-state index in [1.807, 2.05) is 30.3 Å². The Hall–Kier alpha value is -2.53. The van der Waals surface area contributed by atoms with Crippen molar-refractivity contribution in [2.24, 2.45) is 0 Å². The van der Waals surface area contributed by atoms with Gasteiger partial charge in [0.1, 0.15) is 11.8 Å². The number of amides is 2. The van der Waals surface area contributed by atoms with Gasteiger partial charge in [-0.1, -0.05) is 41.9 Å². The molecule has 0 bridgehead atoms. The first-order chi connectivity index (χ1) is 11.5. The number of likely N-dealkylation sites (tertiary alicyclic amines) is 1. The molecule has 0 spiro atoms. The Labute approximate surface area is 144 Å². The van der Waals surface area contributed by atoms with E-state index in [0.29, 0.717) is 25.1 Å². The molecule has 124 valence electrons. The quantitative estimate of drug-likeness (QED) is 0.895. The summed E-state index contributed by atoms with van der Waals surface area (Å²) in [7, 11) is 0. The number of benzene rings is 2. The van der Waals surface area contributed by atoms with E-state index in [1.165, 1.54) is 18.2 Å². The molecule has 24 heavy (non-hydrogen) atoms. The second-order valence-corrected chi connectivity index (χ2v) is 6.13. The highest BCUT2D eigenvalue weighted by molar-refractivity contribution is 6.32. The zero-order chi connectivity index (χ0) is 17.1. The molecule has 2 amide bonds. The van der Waals surface area contributed by atoms with Gasteiger partial charge in [0, 0.05) is 18.7 Å². The number of carbonyl (C=O) groups excluding carboxylic acids is 2. The fourth-order valence-corrected chi connectivity index (χ4v) is 2.90. The summed E-state index contributed by atoms with van der Waals surface area (Å²) < 4.78 is 0. The van der Waals surface area contributed by atoms with Crippen LogP contribution in [0.2, 0.25) is 5.02 Å². The average molecular weight is 345 g/mol. The maximum Gasteiger partial charge on any atom is 0.251 e. The summed E-state index contributed by atoms with van der Waals surface area (Å²) in [6.45, 7) is 1.14. The van der Waals surface area contributed by atoms with Crippen molar-refractivity contribution in [1.82, 2.24) is 10.2 Å². The smallest absolute Gasteiger partial charge is 0.251 e. The third kappa shape index (κ3) is 3.51. The van der Waals surface area contributed by atoms with Crippen molar-refractivity contribution in [2.75, 3.05) is 6.54 Å². The first kappa shape index (κ1) is 16.3. The fraction of sp³-hybridized carbons (Fsp3) is 0.222. The Morgan fingerprint density at radius 1 is 1.25 bits per heavy atom. The lowest BCUT2D eigenvalue weighted by Crippen LogP contribution is -2.41. The lowest BCUT2D eigenvalue weighted by Gasteiger charge is -2.17. The molecule has 1 saturated heterocycles. The number of phenolic OH excluding ortho intramolecular Hbond substituents is 1. The molecular weight excluding hydrogens is 328 g/mol. The van der Waals surface area contributed by atoms with Gasteiger partial charge in [-0.3, -0.25) is 9.59 Å². The van der Waals surface area contributed by atoms with E-state index < -0.39 is 6.04 Å².